The predicted molar refractivity (Wildman–Crippen MR) is 102 cm³/mol. The Kier molecular flexibility index (Phi) is 5.98. The van der Waals surface area contributed by atoms with E-state index >= 15 is 0 Å². The highest BCUT2D eigenvalue weighted by Crippen LogP contribution is 2.40. The third-order valence-electron chi connectivity index (χ3n) is 4.65. The number of rotatable bonds is 6. The van der Waals surface area contributed by atoms with Crippen molar-refractivity contribution in [1.29, 1.82) is 0 Å². The summed E-state index contributed by atoms with van der Waals surface area (Å²) in [6.45, 7) is 2.28. The molecule has 2 aromatic rings. The molecule has 2 N–H and O–H groups in total. The van der Waals surface area contributed by atoms with E-state index in [2.05, 4.69) is 19.9 Å². The molecule has 0 spiro atoms. The quantitative estimate of drug-likeness (QED) is 0.761. The van der Waals surface area contributed by atoms with E-state index in [0.717, 1.165) is 12.8 Å². The number of ether oxygens (including phenoxy) is 1. The molecule has 0 saturated heterocycles. The number of amides is 2. The first-order valence-corrected chi connectivity index (χ1v) is 9.80. The summed E-state index contributed by atoms with van der Waals surface area (Å²) in [4.78, 5) is 24.8. The molecule has 7 heteroatoms. The molecule has 3 rings (SSSR count). The summed E-state index contributed by atoms with van der Waals surface area (Å²) in [6.07, 6.45) is 8.87. The van der Waals surface area contributed by atoms with Gasteiger partial charge in [0.05, 0.1) is 19.6 Å². The second-order valence-electron chi connectivity index (χ2n) is 6.47. The van der Waals surface area contributed by atoms with Gasteiger partial charge >= 0.3 is 12.0 Å². The lowest BCUT2D eigenvalue weighted by molar-refractivity contribution is -0.140. The fourth-order valence-corrected chi connectivity index (χ4v) is 4.84. The number of methoxy groups -OCH3 is 1. The van der Waals surface area contributed by atoms with E-state index < -0.39 is 0 Å². The molecule has 0 radical (unpaired) electrons. The van der Waals surface area contributed by atoms with E-state index in [1.165, 1.54) is 41.0 Å². The van der Waals surface area contributed by atoms with E-state index in [9.17, 15) is 9.59 Å². The molecular formula is C19H25N3O3S. The fourth-order valence-electron chi connectivity index (χ4n) is 3.38. The molecule has 2 amide bonds. The Morgan fingerprint density at radius 1 is 1.27 bits per heavy atom. The fraction of sp³-hybridized carbons (Fsp3) is 0.474. The number of carbonyl (C=O) groups is 2. The summed E-state index contributed by atoms with van der Waals surface area (Å²) in [5, 5.41) is 6.92. The summed E-state index contributed by atoms with van der Waals surface area (Å²) < 4.78 is 6.71. The summed E-state index contributed by atoms with van der Waals surface area (Å²) >= 11 is 1.83. The maximum absolute atomic E-state index is 12.2. The number of nitrogens with zero attached hydrogens (tertiary/aromatic N) is 1. The van der Waals surface area contributed by atoms with Crippen LogP contribution in [0.4, 0.5) is 4.79 Å². The second kappa shape index (κ2) is 8.40. The van der Waals surface area contributed by atoms with E-state index in [-0.39, 0.29) is 31.0 Å². The van der Waals surface area contributed by atoms with Gasteiger partial charge in [-0.3, -0.25) is 4.79 Å². The topological polar surface area (TPSA) is 72.4 Å². The molecule has 26 heavy (non-hydrogen) atoms. The van der Waals surface area contributed by atoms with Gasteiger partial charge in [-0.2, -0.15) is 0 Å². The molecule has 0 fully saturated rings. The van der Waals surface area contributed by atoms with Crippen molar-refractivity contribution in [3.05, 3.63) is 40.5 Å². The van der Waals surface area contributed by atoms with Gasteiger partial charge in [0.2, 0.25) is 0 Å². The number of hydrogen-bond donors (Lipinski definition) is 2. The van der Waals surface area contributed by atoms with Gasteiger partial charge in [0.15, 0.2) is 0 Å². The first-order valence-electron chi connectivity index (χ1n) is 8.99. The highest BCUT2D eigenvalue weighted by molar-refractivity contribution is 7.15. The Labute approximate surface area is 157 Å². The molecule has 1 aliphatic carbocycles. The predicted octanol–water partition coefficient (Wildman–Crippen LogP) is 3.34. The van der Waals surface area contributed by atoms with Crippen LogP contribution >= 0.6 is 11.3 Å². The average molecular weight is 375 g/mol. The van der Waals surface area contributed by atoms with Crippen molar-refractivity contribution in [3.63, 3.8) is 0 Å². The second-order valence-corrected chi connectivity index (χ2v) is 7.55. The zero-order valence-corrected chi connectivity index (χ0v) is 16.0. The normalized spacial score (nSPS) is 14.4. The average Bonchev–Trinajstić information content (AvgIpc) is 3.28. The molecule has 1 aliphatic rings. The number of fused-ring (bicyclic) bond motifs is 1. The van der Waals surface area contributed by atoms with Gasteiger partial charge in [0.1, 0.15) is 5.00 Å². The maximum Gasteiger partial charge on any atom is 0.315 e. The van der Waals surface area contributed by atoms with Crippen LogP contribution in [-0.2, 0) is 22.4 Å². The summed E-state index contributed by atoms with van der Waals surface area (Å²) in [5.41, 5.74) is 2.61. The van der Waals surface area contributed by atoms with Crippen LogP contribution in [0, 0.1) is 0 Å². The van der Waals surface area contributed by atoms with Crippen molar-refractivity contribution in [3.8, 4) is 5.00 Å². The first kappa shape index (κ1) is 18.5. The van der Waals surface area contributed by atoms with Crippen LogP contribution in [-0.4, -0.2) is 30.2 Å². The molecule has 0 bridgehead atoms. The lowest BCUT2D eigenvalue weighted by atomic mass is 9.93. The maximum atomic E-state index is 12.2. The molecule has 0 aliphatic heterocycles. The minimum absolute atomic E-state index is 0.108. The number of thiophene rings is 1. The van der Waals surface area contributed by atoms with Crippen molar-refractivity contribution in [2.75, 3.05) is 13.7 Å². The Morgan fingerprint density at radius 3 is 2.73 bits per heavy atom. The number of nitrogens with one attached hydrogen (secondary N) is 2. The Bertz CT molecular complexity index is 767. The van der Waals surface area contributed by atoms with Gasteiger partial charge in [-0.05, 0) is 50.3 Å². The van der Waals surface area contributed by atoms with E-state index in [1.54, 1.807) is 0 Å². The van der Waals surface area contributed by atoms with E-state index in [4.69, 9.17) is 0 Å². The highest BCUT2D eigenvalue weighted by atomic mass is 32.1. The van der Waals surface area contributed by atoms with Crippen LogP contribution in [0.25, 0.3) is 5.00 Å². The standard InChI is InChI=1S/C19H25N3O3S/c1-13(21-19(24)20-10-9-16(23)25-2)17-14-7-3-4-8-15(14)26-18(17)22-11-5-6-12-22/h5-6,11-13H,3-4,7-10H2,1-2H3,(H2,20,21,24). The number of esters is 1. The lowest BCUT2D eigenvalue weighted by Gasteiger charge is -2.20. The first-order chi connectivity index (χ1) is 12.6. The van der Waals surface area contributed by atoms with Crippen LogP contribution in [0.2, 0.25) is 0 Å². The van der Waals surface area contributed by atoms with Crippen LogP contribution in [0.15, 0.2) is 24.5 Å². The third-order valence-corrected chi connectivity index (χ3v) is 5.98. The molecule has 140 valence electrons. The van der Waals surface area contributed by atoms with Crippen LogP contribution in [0.1, 0.15) is 48.2 Å². The zero-order valence-electron chi connectivity index (χ0n) is 15.2. The van der Waals surface area contributed by atoms with Gasteiger partial charge < -0.3 is 19.9 Å². The molecule has 2 heterocycles. The number of aromatic nitrogens is 1. The van der Waals surface area contributed by atoms with E-state index in [0.29, 0.717) is 0 Å². The smallest absolute Gasteiger partial charge is 0.315 e. The van der Waals surface area contributed by atoms with Crippen LogP contribution < -0.4 is 10.6 Å². The number of carbonyl (C=O) groups excluding carboxylic acids is 2. The largest absolute Gasteiger partial charge is 0.469 e. The molecule has 0 saturated carbocycles. The van der Waals surface area contributed by atoms with Crippen molar-refractivity contribution in [2.45, 2.75) is 45.1 Å². The summed E-state index contributed by atoms with van der Waals surface area (Å²) in [5.74, 6) is -0.333. The lowest BCUT2D eigenvalue weighted by Crippen LogP contribution is -2.38. The Hall–Kier alpha value is -2.28. The minimum atomic E-state index is -0.333. The summed E-state index contributed by atoms with van der Waals surface area (Å²) in [6, 6.07) is 3.65. The third kappa shape index (κ3) is 4.09. The molecule has 0 aromatic carbocycles. The highest BCUT2D eigenvalue weighted by Gasteiger charge is 2.25. The number of hydrogen-bond acceptors (Lipinski definition) is 4. The molecule has 6 nitrogen and oxygen atoms in total. The van der Waals surface area contributed by atoms with Crippen molar-refractivity contribution in [2.24, 2.45) is 0 Å². The molecular weight excluding hydrogens is 350 g/mol. The number of urea groups is 1. The molecule has 2 aromatic heterocycles. The van der Waals surface area contributed by atoms with Crippen molar-refractivity contribution < 1.29 is 14.3 Å². The van der Waals surface area contributed by atoms with Crippen LogP contribution in [0.5, 0.6) is 0 Å². The summed E-state index contributed by atoms with van der Waals surface area (Å²) in [7, 11) is 1.34. The van der Waals surface area contributed by atoms with Gasteiger partial charge in [-0.15, -0.1) is 11.3 Å². The van der Waals surface area contributed by atoms with E-state index in [1.807, 2.05) is 42.8 Å². The van der Waals surface area contributed by atoms with Crippen LogP contribution in [0.3, 0.4) is 0 Å². The van der Waals surface area contributed by atoms with Gasteiger partial charge in [0, 0.05) is 29.4 Å². The van der Waals surface area contributed by atoms with Crippen molar-refractivity contribution >= 4 is 23.3 Å². The number of aryl methyl sites for hydroxylation is 1. The van der Waals surface area contributed by atoms with Gasteiger partial charge in [-0.25, -0.2) is 4.79 Å². The Morgan fingerprint density at radius 2 is 2.00 bits per heavy atom. The van der Waals surface area contributed by atoms with Gasteiger partial charge in [-0.1, -0.05) is 0 Å². The van der Waals surface area contributed by atoms with Crippen molar-refractivity contribution in [1.82, 2.24) is 15.2 Å². The Balaban J connectivity index is 1.74. The molecule has 1 unspecified atom stereocenters. The minimum Gasteiger partial charge on any atom is -0.469 e. The molecule has 1 atom stereocenters. The monoisotopic (exact) mass is 375 g/mol. The zero-order chi connectivity index (χ0) is 18.5. The SMILES string of the molecule is COC(=O)CCNC(=O)NC(C)c1c(-n2cccc2)sc2c1CCCC2. The van der Waals surface area contributed by atoms with Gasteiger partial charge in [0.25, 0.3) is 0 Å².